The first-order valence-corrected chi connectivity index (χ1v) is 13.4. The van der Waals surface area contributed by atoms with E-state index in [-0.39, 0.29) is 23.5 Å². The standard InChI is InChI=1S/C27H42N2O6/c1-17(28-35-13-10-29-8-11-34-12-9-29)18-5-7-27(33)20-14-22(30)21-15-23(31)24(32)16-25(21,2)19(20)4-6-26(18,27)3/h14,18-19,21,23-24,31-33H,4-13,15-16H2,1-3H3. The molecular weight excluding hydrogens is 448 g/mol. The number of ketones is 1. The Morgan fingerprint density at radius 2 is 1.91 bits per heavy atom. The lowest BCUT2D eigenvalue weighted by atomic mass is 9.46. The molecule has 8 atom stereocenters. The van der Waals surface area contributed by atoms with E-state index in [1.165, 1.54) is 0 Å². The summed E-state index contributed by atoms with van der Waals surface area (Å²) < 4.78 is 5.39. The number of nitrogens with zero attached hydrogens (tertiary/aromatic N) is 2. The maximum absolute atomic E-state index is 13.3. The lowest BCUT2D eigenvalue weighted by molar-refractivity contribution is -0.151. The first-order valence-electron chi connectivity index (χ1n) is 13.4. The third kappa shape index (κ3) is 4.00. The van der Waals surface area contributed by atoms with Gasteiger partial charge in [-0.2, -0.15) is 0 Å². The fourth-order valence-electron chi connectivity index (χ4n) is 8.25. The second kappa shape index (κ2) is 9.21. The summed E-state index contributed by atoms with van der Waals surface area (Å²) in [6.45, 7) is 10.9. The first kappa shape index (κ1) is 25.3. The molecule has 0 radical (unpaired) electrons. The summed E-state index contributed by atoms with van der Waals surface area (Å²) >= 11 is 0. The maximum atomic E-state index is 13.3. The fraction of sp³-hybridized carbons (Fsp3) is 0.852. The second-order valence-electron chi connectivity index (χ2n) is 12.1. The van der Waals surface area contributed by atoms with Crippen molar-refractivity contribution in [1.29, 1.82) is 0 Å². The highest BCUT2D eigenvalue weighted by Gasteiger charge is 2.66. The zero-order valence-electron chi connectivity index (χ0n) is 21.4. The van der Waals surface area contributed by atoms with Crippen LogP contribution in [0.4, 0.5) is 0 Å². The van der Waals surface area contributed by atoms with Crippen LogP contribution in [0.3, 0.4) is 0 Å². The topological polar surface area (TPSA) is 112 Å². The number of carbonyl (C=O) groups excluding carboxylic acids is 1. The van der Waals surface area contributed by atoms with Crippen molar-refractivity contribution in [2.45, 2.75) is 77.1 Å². The van der Waals surface area contributed by atoms with Gasteiger partial charge >= 0.3 is 0 Å². The van der Waals surface area contributed by atoms with Gasteiger partial charge in [0.25, 0.3) is 0 Å². The largest absolute Gasteiger partial charge is 0.394 e. The molecule has 0 spiro atoms. The lowest BCUT2D eigenvalue weighted by Crippen LogP contribution is -2.60. The Morgan fingerprint density at radius 1 is 1.17 bits per heavy atom. The second-order valence-corrected chi connectivity index (χ2v) is 12.1. The number of hydrogen-bond donors (Lipinski definition) is 3. The van der Waals surface area contributed by atoms with E-state index in [9.17, 15) is 20.1 Å². The van der Waals surface area contributed by atoms with Gasteiger partial charge in [0.1, 0.15) is 6.61 Å². The summed E-state index contributed by atoms with van der Waals surface area (Å²) in [4.78, 5) is 21.3. The molecule has 4 fully saturated rings. The minimum atomic E-state index is -1.07. The average Bonchev–Trinajstić information content (AvgIpc) is 3.11. The number of fused-ring (bicyclic) bond motifs is 5. The normalized spacial score (nSPS) is 46.5. The van der Waals surface area contributed by atoms with E-state index in [1.807, 2.05) is 6.92 Å². The summed E-state index contributed by atoms with van der Waals surface area (Å²) in [5, 5.41) is 37.4. The molecule has 3 N–H and O–H groups in total. The molecular formula is C27H42N2O6. The summed E-state index contributed by atoms with van der Waals surface area (Å²) in [5.74, 6) is -0.200. The Balaban J connectivity index is 1.33. The molecule has 1 saturated heterocycles. The number of carbonyl (C=O) groups is 1. The Morgan fingerprint density at radius 3 is 2.66 bits per heavy atom. The van der Waals surface area contributed by atoms with E-state index in [4.69, 9.17) is 9.57 Å². The number of hydrogen-bond acceptors (Lipinski definition) is 8. The molecule has 5 aliphatic rings. The van der Waals surface area contributed by atoms with E-state index in [0.29, 0.717) is 25.9 Å². The molecule has 1 heterocycles. The van der Waals surface area contributed by atoms with Crippen molar-refractivity contribution in [1.82, 2.24) is 4.90 Å². The SMILES string of the molecule is CC(=NOCCN1CCOCC1)C1CCC2(O)C3=CC(=O)C4CC(O)C(O)CC4(C)C3CCC12C. The van der Waals surface area contributed by atoms with Crippen LogP contribution in [0.1, 0.15) is 59.3 Å². The smallest absolute Gasteiger partial charge is 0.159 e. The molecule has 4 aliphatic carbocycles. The van der Waals surface area contributed by atoms with Crippen LogP contribution in [0.2, 0.25) is 0 Å². The van der Waals surface area contributed by atoms with Gasteiger partial charge in [-0.25, -0.2) is 0 Å². The Bertz CT molecular complexity index is 900. The molecule has 196 valence electrons. The van der Waals surface area contributed by atoms with Crippen molar-refractivity contribution in [3.8, 4) is 0 Å². The van der Waals surface area contributed by atoms with Crippen molar-refractivity contribution >= 4 is 11.5 Å². The van der Waals surface area contributed by atoms with Gasteiger partial charge < -0.3 is 24.9 Å². The van der Waals surface area contributed by atoms with Gasteiger partial charge in [-0.3, -0.25) is 9.69 Å². The van der Waals surface area contributed by atoms with Crippen molar-refractivity contribution < 1.29 is 29.7 Å². The van der Waals surface area contributed by atoms with Crippen molar-refractivity contribution in [2.75, 3.05) is 39.5 Å². The quantitative estimate of drug-likeness (QED) is 0.307. The number of ether oxygens (including phenoxy) is 1. The van der Waals surface area contributed by atoms with Crippen LogP contribution in [0, 0.1) is 28.6 Å². The Hall–Kier alpha value is -1.32. The lowest BCUT2D eigenvalue weighted by Gasteiger charge is -2.59. The van der Waals surface area contributed by atoms with Crippen molar-refractivity contribution in [2.24, 2.45) is 33.7 Å². The van der Waals surface area contributed by atoms with Crippen LogP contribution in [-0.2, 0) is 14.4 Å². The van der Waals surface area contributed by atoms with Crippen molar-refractivity contribution in [3.63, 3.8) is 0 Å². The highest BCUT2D eigenvalue weighted by atomic mass is 16.6. The number of rotatable bonds is 5. The van der Waals surface area contributed by atoms with E-state index >= 15 is 0 Å². The van der Waals surface area contributed by atoms with Crippen LogP contribution in [-0.4, -0.2) is 89.0 Å². The zero-order valence-corrected chi connectivity index (χ0v) is 21.4. The van der Waals surface area contributed by atoms with Crippen LogP contribution in [0.5, 0.6) is 0 Å². The summed E-state index contributed by atoms with van der Waals surface area (Å²) in [7, 11) is 0. The van der Waals surface area contributed by atoms with Gasteiger partial charge in [0.2, 0.25) is 0 Å². The van der Waals surface area contributed by atoms with E-state index in [2.05, 4.69) is 23.9 Å². The van der Waals surface area contributed by atoms with Gasteiger partial charge in [-0.05, 0) is 68.4 Å². The maximum Gasteiger partial charge on any atom is 0.159 e. The van der Waals surface area contributed by atoms with Gasteiger partial charge in [0.05, 0.1) is 36.7 Å². The third-order valence-electron chi connectivity index (χ3n) is 10.4. The van der Waals surface area contributed by atoms with Gasteiger partial charge in [-0.1, -0.05) is 19.0 Å². The summed E-state index contributed by atoms with van der Waals surface area (Å²) in [5.41, 5.74) is -0.183. The molecule has 0 amide bonds. The molecule has 8 heteroatoms. The fourth-order valence-corrected chi connectivity index (χ4v) is 8.25. The zero-order chi connectivity index (χ0) is 25.0. The molecule has 8 nitrogen and oxygen atoms in total. The van der Waals surface area contributed by atoms with E-state index in [0.717, 1.165) is 63.4 Å². The predicted octanol–water partition coefficient (Wildman–Crippen LogP) is 1.92. The molecule has 8 unspecified atom stereocenters. The molecule has 0 bridgehead atoms. The molecule has 1 aliphatic heterocycles. The Kier molecular flexibility index (Phi) is 6.67. The summed E-state index contributed by atoms with van der Waals surface area (Å²) in [6, 6.07) is 0. The number of aliphatic hydroxyl groups excluding tert-OH is 2. The van der Waals surface area contributed by atoms with Crippen LogP contribution in [0.25, 0.3) is 0 Å². The van der Waals surface area contributed by atoms with Gasteiger partial charge in [0.15, 0.2) is 5.78 Å². The number of morpholine rings is 1. The van der Waals surface area contributed by atoms with Crippen LogP contribution >= 0.6 is 0 Å². The third-order valence-corrected chi connectivity index (χ3v) is 10.4. The number of allylic oxidation sites excluding steroid dienone is 1. The first-order chi connectivity index (χ1) is 16.6. The average molecular weight is 491 g/mol. The number of aliphatic hydroxyl groups is 3. The monoisotopic (exact) mass is 490 g/mol. The van der Waals surface area contributed by atoms with Crippen molar-refractivity contribution in [3.05, 3.63) is 11.6 Å². The highest BCUT2D eigenvalue weighted by Crippen LogP contribution is 2.67. The summed E-state index contributed by atoms with van der Waals surface area (Å²) in [6.07, 6.45) is 3.77. The van der Waals surface area contributed by atoms with Crippen LogP contribution in [0.15, 0.2) is 16.8 Å². The minimum absolute atomic E-state index is 0.0114. The minimum Gasteiger partial charge on any atom is -0.394 e. The van der Waals surface area contributed by atoms with Gasteiger partial charge in [0, 0.05) is 36.9 Å². The number of oxime groups is 1. The van der Waals surface area contributed by atoms with E-state index < -0.39 is 28.6 Å². The molecule has 0 aromatic rings. The predicted molar refractivity (Wildman–Crippen MR) is 131 cm³/mol. The molecule has 0 aromatic carbocycles. The Labute approximate surface area is 208 Å². The van der Waals surface area contributed by atoms with Crippen LogP contribution < -0.4 is 0 Å². The molecule has 0 aromatic heterocycles. The highest BCUT2D eigenvalue weighted by molar-refractivity contribution is 5.95. The van der Waals surface area contributed by atoms with E-state index in [1.54, 1.807) is 6.08 Å². The molecule has 35 heavy (non-hydrogen) atoms. The van der Waals surface area contributed by atoms with Gasteiger partial charge in [-0.15, -0.1) is 0 Å². The molecule has 3 saturated carbocycles. The molecule has 5 rings (SSSR count).